The lowest BCUT2D eigenvalue weighted by Crippen LogP contribution is -2.50. The summed E-state index contributed by atoms with van der Waals surface area (Å²) in [6.45, 7) is 6.57. The summed E-state index contributed by atoms with van der Waals surface area (Å²) < 4.78 is 11.6. The summed E-state index contributed by atoms with van der Waals surface area (Å²) in [6.07, 6.45) is 0.483. The van der Waals surface area contributed by atoms with Crippen LogP contribution >= 0.6 is 27.5 Å². The molecule has 0 spiro atoms. The highest BCUT2D eigenvalue weighted by molar-refractivity contribution is 9.10. The van der Waals surface area contributed by atoms with E-state index in [4.69, 9.17) is 21.1 Å². The van der Waals surface area contributed by atoms with Gasteiger partial charge < -0.3 is 19.7 Å². The molecule has 2 rings (SSSR count). The van der Waals surface area contributed by atoms with Gasteiger partial charge in [-0.15, -0.1) is 0 Å². The maximum Gasteiger partial charge on any atom is 0.261 e. The molecule has 0 bridgehead atoms. The number of benzene rings is 2. The maximum absolute atomic E-state index is 13.2. The fourth-order valence-electron chi connectivity index (χ4n) is 3.08. The lowest BCUT2D eigenvalue weighted by atomic mass is 10.1. The topological polar surface area (TPSA) is 67.9 Å². The van der Waals surface area contributed by atoms with Gasteiger partial charge in [0, 0.05) is 18.1 Å². The van der Waals surface area contributed by atoms with Crippen molar-refractivity contribution in [3.05, 3.63) is 57.5 Å². The minimum Gasteiger partial charge on any atom is -0.497 e. The molecule has 6 nitrogen and oxygen atoms in total. The van der Waals surface area contributed by atoms with Crippen molar-refractivity contribution in [2.24, 2.45) is 5.92 Å². The largest absolute Gasteiger partial charge is 0.497 e. The van der Waals surface area contributed by atoms with E-state index < -0.39 is 6.04 Å². The molecule has 0 aliphatic heterocycles. The number of methoxy groups -OCH3 is 1. The highest BCUT2D eigenvalue weighted by Crippen LogP contribution is 2.28. The number of carbonyl (C=O) groups excluding carboxylic acids is 2. The third-order valence-corrected chi connectivity index (χ3v) is 5.68. The lowest BCUT2D eigenvalue weighted by Gasteiger charge is -2.31. The first kappa shape index (κ1) is 26.0. The normalized spacial score (nSPS) is 11.7. The summed E-state index contributed by atoms with van der Waals surface area (Å²) in [5.74, 6) is 1.09. The van der Waals surface area contributed by atoms with Crippen LogP contribution in [0.2, 0.25) is 5.02 Å². The summed E-state index contributed by atoms with van der Waals surface area (Å²) in [4.78, 5) is 27.7. The number of nitrogens with zero attached hydrogens (tertiary/aromatic N) is 1. The molecule has 0 unspecified atom stereocenters. The zero-order valence-electron chi connectivity index (χ0n) is 18.9. The molecule has 2 aromatic rings. The number of amides is 2. The lowest BCUT2D eigenvalue weighted by molar-refractivity contribution is -0.143. The summed E-state index contributed by atoms with van der Waals surface area (Å²) in [7, 11) is 1.60. The van der Waals surface area contributed by atoms with Gasteiger partial charge in [0.25, 0.3) is 5.91 Å². The van der Waals surface area contributed by atoms with E-state index in [-0.39, 0.29) is 25.0 Å². The number of nitrogens with one attached hydrogen (secondary N) is 1. The molecule has 0 aromatic heterocycles. The van der Waals surface area contributed by atoms with Gasteiger partial charge in [0.15, 0.2) is 6.61 Å². The summed E-state index contributed by atoms with van der Waals surface area (Å²) in [6, 6.07) is 11.9. The standard InChI is InChI=1S/C24H30BrClN2O4/c1-5-21(24(30)27-13-16(2)3)28(14-17-6-9-19(31-4)10-7-17)23(29)15-32-22-11-8-18(26)12-20(22)25/h6-12,16,21H,5,13-15H2,1-4H3,(H,27,30)/t21-/m0/s1. The Balaban J connectivity index is 2.21. The zero-order valence-corrected chi connectivity index (χ0v) is 21.2. The quantitative estimate of drug-likeness (QED) is 0.445. The first-order valence-corrected chi connectivity index (χ1v) is 11.7. The van der Waals surface area contributed by atoms with Crippen molar-refractivity contribution in [2.75, 3.05) is 20.3 Å². The summed E-state index contributed by atoms with van der Waals surface area (Å²) >= 11 is 9.37. The second-order valence-electron chi connectivity index (χ2n) is 7.80. The Morgan fingerprint density at radius 3 is 2.41 bits per heavy atom. The fourth-order valence-corrected chi connectivity index (χ4v) is 3.88. The third kappa shape index (κ3) is 7.71. The molecule has 0 heterocycles. The van der Waals surface area contributed by atoms with Crippen LogP contribution in [0.5, 0.6) is 11.5 Å². The third-order valence-electron chi connectivity index (χ3n) is 4.83. The van der Waals surface area contributed by atoms with E-state index in [2.05, 4.69) is 21.2 Å². The Morgan fingerprint density at radius 2 is 1.84 bits per heavy atom. The monoisotopic (exact) mass is 524 g/mol. The highest BCUT2D eigenvalue weighted by atomic mass is 79.9. The van der Waals surface area contributed by atoms with E-state index in [1.807, 2.05) is 45.0 Å². The average Bonchev–Trinajstić information content (AvgIpc) is 2.77. The number of ether oxygens (including phenoxy) is 2. The maximum atomic E-state index is 13.2. The second kappa shape index (κ2) is 12.7. The molecule has 1 N–H and O–H groups in total. The van der Waals surface area contributed by atoms with Gasteiger partial charge in [-0.3, -0.25) is 9.59 Å². The van der Waals surface area contributed by atoms with Crippen LogP contribution in [0.4, 0.5) is 0 Å². The molecule has 0 saturated carbocycles. The van der Waals surface area contributed by atoms with Crippen molar-refractivity contribution in [3.63, 3.8) is 0 Å². The summed E-state index contributed by atoms with van der Waals surface area (Å²) in [5, 5.41) is 3.51. The smallest absolute Gasteiger partial charge is 0.261 e. The van der Waals surface area contributed by atoms with E-state index in [1.165, 1.54) is 0 Å². The van der Waals surface area contributed by atoms with Crippen molar-refractivity contribution in [1.82, 2.24) is 10.2 Å². The molecule has 1 atom stereocenters. The van der Waals surface area contributed by atoms with Crippen molar-refractivity contribution in [1.29, 1.82) is 0 Å². The minimum absolute atomic E-state index is 0.171. The van der Waals surface area contributed by atoms with E-state index in [1.54, 1.807) is 30.2 Å². The van der Waals surface area contributed by atoms with Crippen LogP contribution in [0.15, 0.2) is 46.9 Å². The van der Waals surface area contributed by atoms with Crippen LogP contribution < -0.4 is 14.8 Å². The van der Waals surface area contributed by atoms with Gasteiger partial charge in [-0.1, -0.05) is 44.5 Å². The number of rotatable bonds is 11. The van der Waals surface area contributed by atoms with Crippen molar-refractivity contribution >= 4 is 39.3 Å². The van der Waals surface area contributed by atoms with Crippen LogP contribution in [0.3, 0.4) is 0 Å². The van der Waals surface area contributed by atoms with Crippen molar-refractivity contribution in [2.45, 2.75) is 39.8 Å². The second-order valence-corrected chi connectivity index (χ2v) is 9.09. The molecular weight excluding hydrogens is 496 g/mol. The number of halogens is 2. The van der Waals surface area contributed by atoms with Gasteiger partial charge in [-0.25, -0.2) is 0 Å². The molecule has 0 aliphatic carbocycles. The summed E-state index contributed by atoms with van der Waals surface area (Å²) in [5.41, 5.74) is 0.891. The van der Waals surface area contributed by atoms with Crippen molar-refractivity contribution < 1.29 is 19.1 Å². The van der Waals surface area contributed by atoms with Crippen molar-refractivity contribution in [3.8, 4) is 11.5 Å². The van der Waals surface area contributed by atoms with E-state index in [9.17, 15) is 9.59 Å². The fraction of sp³-hybridized carbons (Fsp3) is 0.417. The van der Waals surface area contributed by atoms with Crippen LogP contribution in [-0.4, -0.2) is 43.0 Å². The van der Waals surface area contributed by atoms with Gasteiger partial charge in [0.2, 0.25) is 5.91 Å². The molecule has 0 fully saturated rings. The van der Waals surface area contributed by atoms with E-state index >= 15 is 0 Å². The molecule has 0 radical (unpaired) electrons. The molecule has 2 amide bonds. The predicted molar refractivity (Wildman–Crippen MR) is 130 cm³/mol. The SMILES string of the molecule is CC[C@@H](C(=O)NCC(C)C)N(Cc1ccc(OC)cc1)C(=O)COc1ccc(Cl)cc1Br. The molecule has 0 saturated heterocycles. The van der Waals surface area contributed by atoms with Gasteiger partial charge in [-0.05, 0) is 64.2 Å². The highest BCUT2D eigenvalue weighted by Gasteiger charge is 2.29. The van der Waals surface area contributed by atoms with Crippen LogP contribution in [-0.2, 0) is 16.1 Å². The van der Waals surface area contributed by atoms with Gasteiger partial charge in [0.1, 0.15) is 17.5 Å². The Labute approximate surface area is 203 Å². The molecule has 174 valence electrons. The average molecular weight is 526 g/mol. The zero-order chi connectivity index (χ0) is 23.7. The Hall–Kier alpha value is -2.25. The molecule has 0 aliphatic rings. The van der Waals surface area contributed by atoms with Crippen LogP contribution in [0, 0.1) is 5.92 Å². The molecule has 2 aromatic carbocycles. The Morgan fingerprint density at radius 1 is 1.16 bits per heavy atom. The van der Waals surface area contributed by atoms with Crippen LogP contribution in [0.1, 0.15) is 32.8 Å². The van der Waals surface area contributed by atoms with Gasteiger partial charge in [-0.2, -0.15) is 0 Å². The van der Waals surface area contributed by atoms with E-state index in [0.717, 1.165) is 11.3 Å². The molecular formula is C24H30BrClN2O4. The first-order chi connectivity index (χ1) is 15.2. The van der Waals surface area contributed by atoms with E-state index in [0.29, 0.717) is 34.1 Å². The first-order valence-electron chi connectivity index (χ1n) is 10.5. The number of hydrogen-bond donors (Lipinski definition) is 1. The minimum atomic E-state index is -0.611. The van der Waals surface area contributed by atoms with Crippen LogP contribution in [0.25, 0.3) is 0 Å². The number of hydrogen-bond acceptors (Lipinski definition) is 4. The van der Waals surface area contributed by atoms with Gasteiger partial charge >= 0.3 is 0 Å². The Kier molecular flexibility index (Phi) is 10.3. The molecule has 32 heavy (non-hydrogen) atoms. The Bertz CT molecular complexity index is 905. The molecule has 8 heteroatoms. The van der Waals surface area contributed by atoms with Gasteiger partial charge in [0.05, 0.1) is 11.6 Å². The predicted octanol–water partition coefficient (Wildman–Crippen LogP) is 5.07. The number of carbonyl (C=O) groups is 2.